The van der Waals surface area contributed by atoms with Gasteiger partial charge in [0.15, 0.2) is 5.82 Å². The van der Waals surface area contributed by atoms with Gasteiger partial charge in [0.2, 0.25) is 0 Å². The molecular formula is C23H27N7O. The number of carbonyl (C=O) groups is 1. The highest BCUT2D eigenvalue weighted by molar-refractivity contribution is 5.93. The maximum Gasteiger partial charge on any atom is 0.271 e. The fraction of sp³-hybridized carbons (Fsp3) is 0.348. The topological polar surface area (TPSA) is 99.1 Å². The third-order valence-electron chi connectivity index (χ3n) is 6.03. The van der Waals surface area contributed by atoms with Crippen molar-refractivity contribution in [2.24, 2.45) is 5.92 Å². The summed E-state index contributed by atoms with van der Waals surface area (Å²) in [7, 11) is 1.78. The molecule has 1 aliphatic carbocycles. The van der Waals surface area contributed by atoms with Gasteiger partial charge in [0, 0.05) is 31.3 Å². The molecule has 1 saturated carbocycles. The van der Waals surface area contributed by atoms with E-state index in [0.29, 0.717) is 18.1 Å². The highest BCUT2D eigenvalue weighted by Gasteiger charge is 2.16. The van der Waals surface area contributed by atoms with Crippen LogP contribution in [0.3, 0.4) is 0 Å². The zero-order valence-corrected chi connectivity index (χ0v) is 17.6. The summed E-state index contributed by atoms with van der Waals surface area (Å²) >= 11 is 0. The van der Waals surface area contributed by atoms with Gasteiger partial charge in [-0.05, 0) is 54.5 Å². The van der Waals surface area contributed by atoms with E-state index in [1.54, 1.807) is 24.0 Å². The molecule has 0 spiro atoms. The normalized spacial score (nSPS) is 14.1. The van der Waals surface area contributed by atoms with E-state index in [0.717, 1.165) is 35.6 Å². The van der Waals surface area contributed by atoms with Crippen LogP contribution in [0.1, 0.15) is 41.0 Å². The number of nitrogens with zero attached hydrogens (tertiary/aromatic N) is 3. The van der Waals surface area contributed by atoms with Gasteiger partial charge in [-0.25, -0.2) is 9.50 Å². The number of rotatable bonds is 8. The number of amides is 1. The number of hydrogen-bond acceptors (Lipinski definition) is 5. The van der Waals surface area contributed by atoms with Gasteiger partial charge in [0.05, 0.1) is 12.4 Å². The van der Waals surface area contributed by atoms with Crippen molar-refractivity contribution in [1.82, 2.24) is 30.2 Å². The predicted octanol–water partition coefficient (Wildman–Crippen LogP) is 3.07. The number of fused-ring (bicyclic) bond motifs is 2. The van der Waals surface area contributed by atoms with Gasteiger partial charge in [0.1, 0.15) is 11.2 Å². The van der Waals surface area contributed by atoms with E-state index in [2.05, 4.69) is 49.2 Å². The molecule has 4 aromatic rings. The van der Waals surface area contributed by atoms with Crippen LogP contribution < -0.4 is 16.0 Å². The van der Waals surface area contributed by atoms with Crippen LogP contribution >= 0.6 is 0 Å². The van der Waals surface area contributed by atoms with Crippen LogP contribution in [0, 0.1) is 5.92 Å². The minimum absolute atomic E-state index is 0.235. The Morgan fingerprint density at radius 2 is 2.13 bits per heavy atom. The van der Waals surface area contributed by atoms with Crippen LogP contribution in [0.25, 0.3) is 16.4 Å². The van der Waals surface area contributed by atoms with Crippen LogP contribution in [-0.4, -0.2) is 39.1 Å². The first-order valence-electron chi connectivity index (χ1n) is 10.8. The fourth-order valence-electron chi connectivity index (χ4n) is 4.04. The first-order chi connectivity index (χ1) is 15.2. The van der Waals surface area contributed by atoms with E-state index >= 15 is 0 Å². The Morgan fingerprint density at radius 1 is 1.23 bits per heavy atom. The minimum atomic E-state index is -0.235. The van der Waals surface area contributed by atoms with E-state index in [1.807, 2.05) is 12.1 Å². The second-order valence-corrected chi connectivity index (χ2v) is 8.21. The molecule has 5 rings (SSSR count). The molecule has 0 aliphatic heterocycles. The zero-order chi connectivity index (χ0) is 21.2. The second kappa shape index (κ2) is 8.39. The number of aromatic nitrogens is 4. The predicted molar refractivity (Wildman–Crippen MR) is 121 cm³/mol. The number of anilines is 1. The maximum atomic E-state index is 12.7. The molecule has 8 nitrogen and oxygen atoms in total. The summed E-state index contributed by atoms with van der Waals surface area (Å²) in [5.41, 5.74) is 4.45. The number of aromatic amines is 1. The van der Waals surface area contributed by atoms with Gasteiger partial charge in [-0.3, -0.25) is 4.79 Å². The van der Waals surface area contributed by atoms with E-state index in [1.165, 1.54) is 30.3 Å². The molecule has 0 radical (unpaired) electrons. The SMILES string of the molecule is CNc1nc(C(=O)NCc2ccc3cc(CNCC4CCC4)[nH]c3c2)cn2nccc12. The Kier molecular flexibility index (Phi) is 5.30. The quantitative estimate of drug-likeness (QED) is 0.353. The molecule has 0 bridgehead atoms. The Morgan fingerprint density at radius 3 is 2.94 bits per heavy atom. The Hall–Kier alpha value is -3.39. The largest absolute Gasteiger partial charge is 0.371 e. The molecule has 31 heavy (non-hydrogen) atoms. The summed E-state index contributed by atoms with van der Waals surface area (Å²) in [6.45, 7) is 2.38. The number of hydrogen-bond donors (Lipinski definition) is 4. The van der Waals surface area contributed by atoms with Crippen LogP contribution in [0.2, 0.25) is 0 Å². The van der Waals surface area contributed by atoms with E-state index in [-0.39, 0.29) is 5.91 Å². The number of H-pyrrole nitrogens is 1. The third kappa shape index (κ3) is 4.11. The van der Waals surface area contributed by atoms with Crippen LogP contribution in [0.5, 0.6) is 0 Å². The molecule has 4 N–H and O–H groups in total. The lowest BCUT2D eigenvalue weighted by molar-refractivity contribution is 0.0945. The van der Waals surface area contributed by atoms with Gasteiger partial charge < -0.3 is 20.9 Å². The maximum absolute atomic E-state index is 12.7. The number of carbonyl (C=O) groups excluding carboxylic acids is 1. The monoisotopic (exact) mass is 417 g/mol. The van der Waals surface area contributed by atoms with E-state index < -0.39 is 0 Å². The van der Waals surface area contributed by atoms with Gasteiger partial charge in [-0.2, -0.15) is 5.10 Å². The van der Waals surface area contributed by atoms with Gasteiger partial charge in [-0.1, -0.05) is 18.6 Å². The van der Waals surface area contributed by atoms with Gasteiger partial charge in [-0.15, -0.1) is 0 Å². The average molecular weight is 418 g/mol. The van der Waals surface area contributed by atoms with Crippen molar-refractivity contribution < 1.29 is 4.79 Å². The molecule has 0 saturated heterocycles. The first-order valence-corrected chi connectivity index (χ1v) is 10.8. The van der Waals surface area contributed by atoms with Crippen molar-refractivity contribution in [3.8, 4) is 0 Å². The van der Waals surface area contributed by atoms with Gasteiger partial charge in [0.25, 0.3) is 5.91 Å². The summed E-state index contributed by atoms with van der Waals surface area (Å²) in [5, 5.41) is 14.9. The zero-order valence-electron chi connectivity index (χ0n) is 17.6. The van der Waals surface area contributed by atoms with Crippen molar-refractivity contribution in [1.29, 1.82) is 0 Å². The standard InChI is InChI=1S/C23H27N7O/c1-24-22-21-7-8-27-30(21)14-20(29-22)23(31)26-12-16-5-6-17-10-18(28-19(17)9-16)13-25-11-15-3-2-4-15/h5-10,14-15,25,28H,2-4,11-13H2,1H3,(H,24,29)(H,26,31). The molecule has 3 heterocycles. The number of nitrogens with one attached hydrogen (secondary N) is 4. The van der Waals surface area contributed by atoms with Crippen LogP contribution in [0.4, 0.5) is 5.82 Å². The molecule has 1 amide bonds. The van der Waals surface area contributed by atoms with E-state index in [9.17, 15) is 4.79 Å². The summed E-state index contributed by atoms with van der Waals surface area (Å²) < 4.78 is 1.65. The molecule has 8 heteroatoms. The lowest BCUT2D eigenvalue weighted by Gasteiger charge is -2.25. The summed E-state index contributed by atoms with van der Waals surface area (Å²) in [4.78, 5) is 20.6. The summed E-state index contributed by atoms with van der Waals surface area (Å²) in [5.74, 6) is 1.24. The average Bonchev–Trinajstić information content (AvgIpc) is 3.38. The Labute approximate surface area is 180 Å². The molecule has 3 aromatic heterocycles. The molecule has 1 aliphatic rings. The highest BCUT2D eigenvalue weighted by atomic mass is 16.1. The Bertz CT molecular complexity index is 1220. The molecule has 0 atom stereocenters. The van der Waals surface area contributed by atoms with Crippen LogP contribution in [0.15, 0.2) is 42.7 Å². The van der Waals surface area contributed by atoms with Gasteiger partial charge >= 0.3 is 0 Å². The molecule has 160 valence electrons. The van der Waals surface area contributed by atoms with Crippen molar-refractivity contribution >= 4 is 28.1 Å². The van der Waals surface area contributed by atoms with Crippen molar-refractivity contribution in [2.75, 3.05) is 18.9 Å². The lowest BCUT2D eigenvalue weighted by Crippen LogP contribution is -2.26. The molecule has 0 unspecified atom stereocenters. The Balaban J connectivity index is 1.23. The first kappa shape index (κ1) is 19.6. The molecule has 1 aromatic carbocycles. The van der Waals surface area contributed by atoms with E-state index in [4.69, 9.17) is 0 Å². The lowest BCUT2D eigenvalue weighted by atomic mass is 9.85. The summed E-state index contributed by atoms with van der Waals surface area (Å²) in [6.07, 6.45) is 7.42. The third-order valence-corrected chi connectivity index (χ3v) is 6.03. The van der Waals surface area contributed by atoms with Crippen molar-refractivity contribution in [3.05, 3.63) is 59.7 Å². The highest BCUT2D eigenvalue weighted by Crippen LogP contribution is 2.25. The molecular weight excluding hydrogens is 390 g/mol. The smallest absolute Gasteiger partial charge is 0.271 e. The number of benzene rings is 1. The molecule has 1 fully saturated rings. The minimum Gasteiger partial charge on any atom is -0.371 e. The second-order valence-electron chi connectivity index (χ2n) is 8.21. The summed E-state index contributed by atoms with van der Waals surface area (Å²) in [6, 6.07) is 10.3. The van der Waals surface area contributed by atoms with Crippen molar-refractivity contribution in [2.45, 2.75) is 32.4 Å². The van der Waals surface area contributed by atoms with Crippen LogP contribution in [-0.2, 0) is 13.1 Å². The fourth-order valence-corrected chi connectivity index (χ4v) is 4.04. The van der Waals surface area contributed by atoms with Crippen molar-refractivity contribution in [3.63, 3.8) is 0 Å².